The first-order valence-electron chi connectivity index (χ1n) is 9.97. The summed E-state index contributed by atoms with van der Waals surface area (Å²) in [5.41, 5.74) is 0. The van der Waals surface area contributed by atoms with Crippen molar-refractivity contribution in [3.05, 3.63) is 0 Å². The van der Waals surface area contributed by atoms with Gasteiger partial charge in [-0.2, -0.15) is 0 Å². The van der Waals surface area contributed by atoms with E-state index < -0.39 is 97.4 Å². The van der Waals surface area contributed by atoms with Crippen LogP contribution >= 0.6 is 15.9 Å². The average molecular weight is 501 g/mol. The summed E-state index contributed by atoms with van der Waals surface area (Å²) in [6, 6.07) is 0. The van der Waals surface area contributed by atoms with Gasteiger partial charge >= 0.3 is 0 Å². The lowest BCUT2D eigenvalue weighted by Gasteiger charge is -2.49. The molecule has 0 N–H and O–H groups in total. The fraction of sp³-hybridized carbons (Fsp3) is 1.00. The van der Waals surface area contributed by atoms with Gasteiger partial charge in [-0.25, -0.2) is 39.5 Å². The maximum Gasteiger partial charge on any atom is 0.169 e. The molecular formula is C18H23BBrF9. The Bertz CT molecular complexity index is 487. The maximum absolute atomic E-state index is 14.9. The van der Waals surface area contributed by atoms with Gasteiger partial charge in [-0.15, -0.1) is 0 Å². The van der Waals surface area contributed by atoms with E-state index in [4.69, 9.17) is 0 Å². The highest BCUT2D eigenvalue weighted by molar-refractivity contribution is 9.09. The van der Waals surface area contributed by atoms with Crippen molar-refractivity contribution in [2.75, 3.05) is 0 Å². The molecule has 3 rings (SSSR count). The first-order valence-corrected chi connectivity index (χ1v) is 10.9. The Kier molecular flexibility index (Phi) is 7.47. The van der Waals surface area contributed by atoms with Gasteiger partial charge in [0.15, 0.2) is 6.71 Å². The lowest BCUT2D eigenvalue weighted by atomic mass is 9.22. The zero-order chi connectivity index (χ0) is 21.6. The third kappa shape index (κ3) is 4.31. The van der Waals surface area contributed by atoms with E-state index in [0.717, 1.165) is 0 Å². The smallest absolute Gasteiger partial charge is 0.169 e. The fourth-order valence-corrected chi connectivity index (χ4v) is 6.49. The fourth-order valence-electron chi connectivity index (χ4n) is 5.49. The number of hydrogen-bond donors (Lipinski definition) is 0. The van der Waals surface area contributed by atoms with Gasteiger partial charge < -0.3 is 0 Å². The van der Waals surface area contributed by atoms with E-state index in [2.05, 4.69) is 15.9 Å². The molecule has 0 radical (unpaired) electrons. The molecule has 0 spiro atoms. The SMILES string of the molecule is F[C@@H]1CCC[C@@H](Br)C1B(C1[C@H](F)[C@H](F)C[C@@H](F)[C@H]1F)C1[C@H](F)[C@H](F)C[C@@H](F)[C@H]1F. The Balaban J connectivity index is 2.08. The Morgan fingerprint density at radius 1 is 0.517 bits per heavy atom. The highest BCUT2D eigenvalue weighted by Gasteiger charge is 2.62. The third-order valence-corrected chi connectivity index (χ3v) is 7.95. The van der Waals surface area contributed by atoms with E-state index in [9.17, 15) is 39.5 Å². The summed E-state index contributed by atoms with van der Waals surface area (Å²) in [7, 11) is 0. The molecular weight excluding hydrogens is 478 g/mol. The van der Waals surface area contributed by atoms with Crippen LogP contribution in [0.3, 0.4) is 0 Å². The van der Waals surface area contributed by atoms with Crippen LogP contribution in [0, 0.1) is 0 Å². The van der Waals surface area contributed by atoms with Crippen molar-refractivity contribution >= 4 is 22.6 Å². The summed E-state index contributed by atoms with van der Waals surface area (Å²) in [5.74, 6) is -5.91. The minimum Gasteiger partial charge on any atom is -0.248 e. The molecule has 11 heteroatoms. The molecule has 3 aliphatic carbocycles. The van der Waals surface area contributed by atoms with Crippen LogP contribution in [0.1, 0.15) is 32.1 Å². The van der Waals surface area contributed by atoms with Crippen molar-refractivity contribution in [1.82, 2.24) is 0 Å². The van der Waals surface area contributed by atoms with Gasteiger partial charge in [0.05, 0.1) is 6.17 Å². The van der Waals surface area contributed by atoms with Crippen LogP contribution in [0.15, 0.2) is 0 Å². The van der Waals surface area contributed by atoms with Gasteiger partial charge in [0, 0.05) is 29.3 Å². The molecule has 11 atom stereocenters. The molecule has 29 heavy (non-hydrogen) atoms. The lowest BCUT2D eigenvalue weighted by molar-refractivity contribution is -0.00213. The number of halogens is 10. The first kappa shape index (κ1) is 23.6. The standard InChI is InChI=1S/C18H23BBrF9/c20-6-2-1-3-7(21)12(6)19(13-15(26)8(22)4-9(23)16(13)27)14-17(28)10(24)5-11(25)18(14)29/h6-18H,1-5H2/t6-,7-,8-,9-,10-,11-,12?,15-,16-,17-,18-/m1/s1. The Labute approximate surface area is 172 Å². The predicted molar refractivity (Wildman–Crippen MR) is 96.9 cm³/mol. The van der Waals surface area contributed by atoms with E-state index in [0.29, 0.717) is 12.8 Å². The quantitative estimate of drug-likeness (QED) is 0.239. The van der Waals surface area contributed by atoms with Crippen LogP contribution in [0.5, 0.6) is 0 Å². The molecule has 0 aromatic rings. The van der Waals surface area contributed by atoms with Gasteiger partial charge in [0.2, 0.25) is 0 Å². The molecule has 0 aromatic carbocycles. The van der Waals surface area contributed by atoms with Crippen LogP contribution in [0.25, 0.3) is 0 Å². The summed E-state index contributed by atoms with van der Waals surface area (Å²) in [5, 5.41) is 0. The van der Waals surface area contributed by atoms with Crippen molar-refractivity contribution in [3.63, 3.8) is 0 Å². The minimum atomic E-state index is -2.66. The highest BCUT2D eigenvalue weighted by Crippen LogP contribution is 2.55. The van der Waals surface area contributed by atoms with Crippen molar-refractivity contribution in [2.45, 2.75) is 110 Å². The normalized spacial score (nSPS) is 54.2. The van der Waals surface area contributed by atoms with Crippen LogP contribution < -0.4 is 0 Å². The molecule has 0 aliphatic heterocycles. The summed E-state index contributed by atoms with van der Waals surface area (Å²) >= 11 is 3.16. The van der Waals surface area contributed by atoms with Crippen molar-refractivity contribution in [3.8, 4) is 0 Å². The van der Waals surface area contributed by atoms with Crippen LogP contribution in [0.2, 0.25) is 17.5 Å². The Morgan fingerprint density at radius 2 is 0.897 bits per heavy atom. The molecule has 3 fully saturated rings. The van der Waals surface area contributed by atoms with E-state index in [-0.39, 0.29) is 6.42 Å². The molecule has 0 aromatic heterocycles. The molecule has 3 aliphatic rings. The molecule has 0 saturated heterocycles. The van der Waals surface area contributed by atoms with Gasteiger partial charge in [-0.05, 0) is 25.1 Å². The van der Waals surface area contributed by atoms with E-state index in [1.807, 2.05) is 0 Å². The first-order chi connectivity index (χ1) is 13.6. The topological polar surface area (TPSA) is 0 Å². The molecule has 0 amide bonds. The van der Waals surface area contributed by atoms with Gasteiger partial charge in [0.25, 0.3) is 0 Å². The highest BCUT2D eigenvalue weighted by atomic mass is 79.9. The molecule has 0 heterocycles. The second-order valence-electron chi connectivity index (χ2n) is 8.59. The second kappa shape index (κ2) is 9.19. The van der Waals surface area contributed by atoms with Crippen molar-refractivity contribution in [2.24, 2.45) is 0 Å². The lowest BCUT2D eigenvalue weighted by Crippen LogP contribution is -2.59. The monoisotopic (exact) mass is 500 g/mol. The number of hydrogen-bond acceptors (Lipinski definition) is 0. The third-order valence-electron chi connectivity index (χ3n) is 6.88. The number of alkyl halides is 10. The van der Waals surface area contributed by atoms with Gasteiger partial charge in [-0.1, -0.05) is 15.9 Å². The summed E-state index contributed by atoms with van der Waals surface area (Å²) in [4.78, 5) is -0.800. The van der Waals surface area contributed by atoms with E-state index in [1.54, 1.807) is 0 Å². The predicted octanol–water partition coefficient (Wildman–Crippen LogP) is 6.39. The molecule has 1 unspecified atom stereocenters. The zero-order valence-electron chi connectivity index (χ0n) is 15.4. The summed E-state index contributed by atoms with van der Waals surface area (Å²) < 4.78 is 130. The molecule has 0 bridgehead atoms. The molecule has 3 saturated carbocycles. The average Bonchev–Trinajstić information content (AvgIpc) is 2.64. The Hall–Kier alpha value is -0.0851. The van der Waals surface area contributed by atoms with E-state index >= 15 is 0 Å². The van der Waals surface area contributed by atoms with Crippen LogP contribution in [0.4, 0.5) is 39.5 Å². The van der Waals surface area contributed by atoms with Gasteiger partial charge in [0.1, 0.15) is 49.4 Å². The minimum absolute atomic E-state index is 0.0826. The molecule has 168 valence electrons. The second-order valence-corrected chi connectivity index (χ2v) is 9.76. The summed E-state index contributed by atoms with van der Waals surface area (Å²) in [6.45, 7) is -1.95. The van der Waals surface area contributed by atoms with E-state index in [1.165, 1.54) is 0 Å². The van der Waals surface area contributed by atoms with Crippen molar-refractivity contribution < 1.29 is 39.5 Å². The maximum atomic E-state index is 14.9. The van der Waals surface area contributed by atoms with Gasteiger partial charge in [-0.3, -0.25) is 0 Å². The Morgan fingerprint density at radius 3 is 1.24 bits per heavy atom. The summed E-state index contributed by atoms with van der Waals surface area (Å²) in [6.07, 6.45) is -23.8. The molecule has 0 nitrogen and oxygen atoms in total. The van der Waals surface area contributed by atoms with Crippen molar-refractivity contribution in [1.29, 1.82) is 0 Å². The largest absolute Gasteiger partial charge is 0.248 e. The zero-order valence-corrected chi connectivity index (χ0v) is 17.0. The van der Waals surface area contributed by atoms with Crippen LogP contribution in [-0.2, 0) is 0 Å². The van der Waals surface area contributed by atoms with Crippen LogP contribution in [-0.4, -0.2) is 67.1 Å². The number of rotatable bonds is 3.